The highest BCUT2D eigenvalue weighted by molar-refractivity contribution is 9.09. The lowest BCUT2D eigenvalue weighted by Gasteiger charge is -2.08. The zero-order valence-electron chi connectivity index (χ0n) is 9.47. The summed E-state index contributed by atoms with van der Waals surface area (Å²) in [7, 11) is 0. The molecule has 5 heteroatoms. The molecule has 0 bridgehead atoms. The normalized spacial score (nSPS) is 12.2. The minimum Gasteiger partial charge on any atom is -0.352 e. The Bertz CT molecular complexity index is 400. The topological polar surface area (TPSA) is 29.1 Å². The Labute approximate surface area is 114 Å². The summed E-state index contributed by atoms with van der Waals surface area (Å²) in [5, 5.41) is 2.75. The molecule has 0 saturated heterocycles. The van der Waals surface area contributed by atoms with E-state index in [2.05, 4.69) is 28.2 Å². The molecule has 1 amide bonds. The molecule has 0 aromatic heterocycles. The molecule has 0 radical (unpaired) electrons. The molecular formula is C12H14BrClFNO. The quantitative estimate of drug-likeness (QED) is 0.821. The predicted molar refractivity (Wildman–Crippen MR) is 71.4 cm³/mol. The van der Waals surface area contributed by atoms with E-state index in [0.717, 1.165) is 18.9 Å². The fourth-order valence-electron chi connectivity index (χ4n) is 1.29. The SMILES string of the molecule is CCC(Br)CCNC(=O)c1ccc(Cl)c(F)c1. The van der Waals surface area contributed by atoms with Crippen LogP contribution in [0.3, 0.4) is 0 Å². The summed E-state index contributed by atoms with van der Waals surface area (Å²) in [5.74, 6) is -0.859. The molecule has 0 aliphatic carbocycles. The smallest absolute Gasteiger partial charge is 0.251 e. The number of carbonyl (C=O) groups is 1. The molecule has 2 nitrogen and oxygen atoms in total. The summed E-state index contributed by atoms with van der Waals surface area (Å²) in [6.45, 7) is 2.63. The van der Waals surface area contributed by atoms with Crippen LogP contribution in [0.4, 0.5) is 4.39 Å². The first kappa shape index (κ1) is 14.5. The molecule has 0 fully saturated rings. The molecule has 0 aliphatic rings. The van der Waals surface area contributed by atoms with Crippen LogP contribution >= 0.6 is 27.5 Å². The van der Waals surface area contributed by atoms with E-state index in [1.807, 2.05) is 0 Å². The van der Waals surface area contributed by atoms with Gasteiger partial charge in [0.1, 0.15) is 5.82 Å². The van der Waals surface area contributed by atoms with Crippen LogP contribution in [0.1, 0.15) is 30.1 Å². The zero-order chi connectivity index (χ0) is 12.8. The number of benzene rings is 1. The summed E-state index contributed by atoms with van der Waals surface area (Å²) in [6, 6.07) is 4.03. The van der Waals surface area contributed by atoms with Crippen LogP contribution in [0, 0.1) is 5.82 Å². The van der Waals surface area contributed by atoms with Gasteiger partial charge in [-0.15, -0.1) is 0 Å². The molecule has 1 atom stereocenters. The maximum absolute atomic E-state index is 13.1. The molecule has 17 heavy (non-hydrogen) atoms. The zero-order valence-corrected chi connectivity index (χ0v) is 11.8. The number of nitrogens with one attached hydrogen (secondary N) is 1. The van der Waals surface area contributed by atoms with Gasteiger partial charge in [0.15, 0.2) is 0 Å². The highest BCUT2D eigenvalue weighted by Crippen LogP contribution is 2.15. The molecule has 1 aromatic rings. The van der Waals surface area contributed by atoms with E-state index in [1.165, 1.54) is 12.1 Å². The minimum absolute atomic E-state index is 0.0213. The summed E-state index contributed by atoms with van der Waals surface area (Å²) in [4.78, 5) is 12.0. The summed E-state index contributed by atoms with van der Waals surface area (Å²) >= 11 is 9.01. The lowest BCUT2D eigenvalue weighted by Crippen LogP contribution is -2.26. The van der Waals surface area contributed by atoms with Crippen LogP contribution < -0.4 is 5.32 Å². The van der Waals surface area contributed by atoms with Crippen LogP contribution in [0.5, 0.6) is 0 Å². The molecule has 1 aromatic carbocycles. The molecule has 94 valence electrons. The van der Waals surface area contributed by atoms with E-state index in [9.17, 15) is 9.18 Å². The van der Waals surface area contributed by atoms with Gasteiger partial charge < -0.3 is 5.32 Å². The Hall–Kier alpha value is -0.610. The molecule has 1 rings (SSSR count). The monoisotopic (exact) mass is 321 g/mol. The van der Waals surface area contributed by atoms with Crippen molar-refractivity contribution < 1.29 is 9.18 Å². The van der Waals surface area contributed by atoms with E-state index in [1.54, 1.807) is 0 Å². The molecule has 1 unspecified atom stereocenters. The van der Waals surface area contributed by atoms with Crippen molar-refractivity contribution in [1.29, 1.82) is 0 Å². The Balaban J connectivity index is 2.50. The first-order chi connectivity index (χ1) is 8.04. The van der Waals surface area contributed by atoms with Gasteiger partial charge in [0.2, 0.25) is 0 Å². The third-order valence-electron chi connectivity index (χ3n) is 2.37. The minimum atomic E-state index is -0.578. The van der Waals surface area contributed by atoms with E-state index < -0.39 is 5.82 Å². The number of hydrogen-bond acceptors (Lipinski definition) is 1. The van der Waals surface area contributed by atoms with Crippen molar-refractivity contribution in [1.82, 2.24) is 5.32 Å². The maximum Gasteiger partial charge on any atom is 0.251 e. The van der Waals surface area contributed by atoms with E-state index in [4.69, 9.17) is 11.6 Å². The first-order valence-corrected chi connectivity index (χ1v) is 6.71. The second kappa shape index (κ2) is 6.97. The van der Waals surface area contributed by atoms with E-state index in [-0.39, 0.29) is 16.5 Å². The molecule has 0 heterocycles. The van der Waals surface area contributed by atoms with Crippen molar-refractivity contribution in [2.24, 2.45) is 0 Å². The summed E-state index contributed by atoms with van der Waals surface area (Å²) in [5.41, 5.74) is 0.287. The van der Waals surface area contributed by atoms with Crippen LogP contribution in [-0.4, -0.2) is 17.3 Å². The average molecular weight is 323 g/mol. The number of amides is 1. The first-order valence-electron chi connectivity index (χ1n) is 5.42. The number of rotatable bonds is 5. The molecule has 0 saturated carbocycles. The number of halogens is 3. The maximum atomic E-state index is 13.1. The van der Waals surface area contributed by atoms with Crippen LogP contribution in [0.15, 0.2) is 18.2 Å². The Morgan fingerprint density at radius 1 is 1.59 bits per heavy atom. The van der Waals surface area contributed by atoms with Crippen molar-refractivity contribution in [3.8, 4) is 0 Å². The number of carbonyl (C=O) groups excluding carboxylic acids is 1. The predicted octanol–water partition coefficient (Wildman–Crippen LogP) is 3.77. The lowest BCUT2D eigenvalue weighted by atomic mass is 10.2. The molecular weight excluding hydrogens is 308 g/mol. The molecule has 0 aliphatic heterocycles. The summed E-state index contributed by atoms with van der Waals surface area (Å²) in [6.07, 6.45) is 1.85. The molecule has 0 spiro atoms. The van der Waals surface area contributed by atoms with Crippen LogP contribution in [0.2, 0.25) is 5.02 Å². The van der Waals surface area contributed by atoms with Crippen molar-refractivity contribution >= 4 is 33.4 Å². The van der Waals surface area contributed by atoms with E-state index in [0.29, 0.717) is 11.4 Å². The highest BCUT2D eigenvalue weighted by Gasteiger charge is 2.09. The van der Waals surface area contributed by atoms with Gasteiger partial charge >= 0.3 is 0 Å². The Morgan fingerprint density at radius 2 is 2.29 bits per heavy atom. The van der Waals surface area contributed by atoms with Gasteiger partial charge in [-0.25, -0.2) is 4.39 Å². The van der Waals surface area contributed by atoms with Gasteiger partial charge in [0.05, 0.1) is 5.02 Å². The highest BCUT2D eigenvalue weighted by atomic mass is 79.9. The van der Waals surface area contributed by atoms with Gasteiger partial charge in [-0.1, -0.05) is 34.5 Å². The standard InChI is InChI=1S/C12H14BrClFNO/c1-2-9(13)5-6-16-12(17)8-3-4-10(14)11(15)7-8/h3-4,7,9H,2,5-6H2,1H3,(H,16,17). The van der Waals surface area contributed by atoms with Gasteiger partial charge in [-0.2, -0.15) is 0 Å². The van der Waals surface area contributed by atoms with Gasteiger partial charge in [-0.05, 0) is 31.0 Å². The molecule has 1 N–H and O–H groups in total. The Kier molecular flexibility index (Phi) is 5.92. The third-order valence-corrected chi connectivity index (χ3v) is 3.78. The number of alkyl halides is 1. The fraction of sp³-hybridized carbons (Fsp3) is 0.417. The van der Waals surface area contributed by atoms with Crippen LogP contribution in [-0.2, 0) is 0 Å². The van der Waals surface area contributed by atoms with Crippen molar-refractivity contribution in [2.45, 2.75) is 24.6 Å². The van der Waals surface area contributed by atoms with Crippen molar-refractivity contribution in [2.75, 3.05) is 6.54 Å². The average Bonchev–Trinajstić information content (AvgIpc) is 2.32. The third kappa shape index (κ3) is 4.64. The lowest BCUT2D eigenvalue weighted by molar-refractivity contribution is 0.0953. The second-order valence-corrected chi connectivity index (χ2v) is 5.38. The van der Waals surface area contributed by atoms with Crippen molar-refractivity contribution in [3.05, 3.63) is 34.6 Å². The van der Waals surface area contributed by atoms with Gasteiger partial charge in [0.25, 0.3) is 5.91 Å². The van der Waals surface area contributed by atoms with Crippen LogP contribution in [0.25, 0.3) is 0 Å². The van der Waals surface area contributed by atoms with Crippen molar-refractivity contribution in [3.63, 3.8) is 0 Å². The van der Waals surface area contributed by atoms with Gasteiger partial charge in [0, 0.05) is 16.9 Å². The Morgan fingerprint density at radius 3 is 2.88 bits per heavy atom. The summed E-state index contributed by atoms with van der Waals surface area (Å²) < 4.78 is 13.1. The van der Waals surface area contributed by atoms with Gasteiger partial charge in [-0.3, -0.25) is 4.79 Å². The second-order valence-electron chi connectivity index (χ2n) is 3.68. The largest absolute Gasteiger partial charge is 0.352 e. The number of hydrogen-bond donors (Lipinski definition) is 1. The van der Waals surface area contributed by atoms with E-state index >= 15 is 0 Å². The fourth-order valence-corrected chi connectivity index (χ4v) is 1.63.